The largest absolute Gasteiger partial charge is 0.352 e. The minimum atomic E-state index is -0.327. The van der Waals surface area contributed by atoms with Gasteiger partial charge in [0.15, 0.2) is 6.29 Å². The van der Waals surface area contributed by atoms with E-state index in [1.165, 1.54) is 0 Å². The highest BCUT2D eigenvalue weighted by Crippen LogP contribution is 2.32. The molecule has 1 unspecified atom stereocenters. The molecule has 0 saturated carbocycles. The van der Waals surface area contributed by atoms with Crippen LogP contribution in [-0.4, -0.2) is 23.7 Å². The zero-order valence-corrected chi connectivity index (χ0v) is 17.1. The standard InChI is InChI=1S/C22H26N2O2S/c1-5-26-22(25-4)17-8-6-16(7-9-17)21-24-14-20(27-21)18-10-11-19(23-13-18)12-15(2)3/h6-11,13-15,22H,5,12H2,1-4H3. The van der Waals surface area contributed by atoms with Gasteiger partial charge in [0.25, 0.3) is 0 Å². The molecule has 2 aromatic heterocycles. The van der Waals surface area contributed by atoms with E-state index in [0.29, 0.717) is 12.5 Å². The summed E-state index contributed by atoms with van der Waals surface area (Å²) in [6.45, 7) is 6.99. The Hall–Kier alpha value is -2.08. The molecule has 0 radical (unpaired) electrons. The molecule has 0 amide bonds. The molecule has 1 aromatic carbocycles. The third-order valence-electron chi connectivity index (χ3n) is 4.19. The second kappa shape index (κ2) is 9.22. The average Bonchev–Trinajstić information content (AvgIpc) is 3.16. The van der Waals surface area contributed by atoms with E-state index in [4.69, 9.17) is 9.47 Å². The second-order valence-corrected chi connectivity index (χ2v) is 7.84. The van der Waals surface area contributed by atoms with Gasteiger partial charge < -0.3 is 9.47 Å². The third-order valence-corrected chi connectivity index (χ3v) is 5.29. The molecule has 1 atom stereocenters. The molecule has 0 N–H and O–H groups in total. The molecule has 5 heteroatoms. The Morgan fingerprint density at radius 3 is 2.30 bits per heavy atom. The zero-order valence-electron chi connectivity index (χ0n) is 16.3. The highest BCUT2D eigenvalue weighted by atomic mass is 32.1. The lowest BCUT2D eigenvalue weighted by molar-refractivity contribution is -0.124. The van der Waals surface area contributed by atoms with E-state index in [0.717, 1.165) is 38.7 Å². The molecule has 142 valence electrons. The van der Waals surface area contributed by atoms with Gasteiger partial charge in [0, 0.05) is 48.5 Å². The van der Waals surface area contributed by atoms with E-state index in [-0.39, 0.29) is 6.29 Å². The Balaban J connectivity index is 1.75. The van der Waals surface area contributed by atoms with Gasteiger partial charge in [-0.15, -0.1) is 11.3 Å². The fraction of sp³-hybridized carbons (Fsp3) is 0.364. The summed E-state index contributed by atoms with van der Waals surface area (Å²) in [5.41, 5.74) is 4.34. The van der Waals surface area contributed by atoms with Crippen LogP contribution in [0, 0.1) is 5.92 Å². The van der Waals surface area contributed by atoms with Crippen molar-refractivity contribution in [3.8, 4) is 21.0 Å². The molecule has 4 nitrogen and oxygen atoms in total. The summed E-state index contributed by atoms with van der Waals surface area (Å²) in [5, 5.41) is 0.994. The van der Waals surface area contributed by atoms with Crippen LogP contribution in [0.2, 0.25) is 0 Å². The molecule has 3 aromatic rings. The maximum Gasteiger partial charge on any atom is 0.183 e. The molecular formula is C22H26N2O2S. The third kappa shape index (κ3) is 5.01. The number of methoxy groups -OCH3 is 1. The molecule has 2 heterocycles. The van der Waals surface area contributed by atoms with Crippen molar-refractivity contribution in [3.05, 3.63) is 60.0 Å². The first kappa shape index (κ1) is 19.7. The number of aromatic nitrogens is 2. The monoisotopic (exact) mass is 382 g/mol. The topological polar surface area (TPSA) is 44.2 Å². The maximum absolute atomic E-state index is 5.58. The lowest BCUT2D eigenvalue weighted by atomic mass is 10.1. The highest BCUT2D eigenvalue weighted by Gasteiger charge is 2.12. The van der Waals surface area contributed by atoms with Gasteiger partial charge in [-0.3, -0.25) is 4.98 Å². The van der Waals surface area contributed by atoms with E-state index in [1.807, 2.05) is 31.5 Å². The number of nitrogens with zero attached hydrogens (tertiary/aromatic N) is 2. The van der Waals surface area contributed by atoms with E-state index in [1.54, 1.807) is 18.4 Å². The van der Waals surface area contributed by atoms with Gasteiger partial charge >= 0.3 is 0 Å². The van der Waals surface area contributed by atoms with Crippen molar-refractivity contribution in [2.75, 3.05) is 13.7 Å². The lowest BCUT2D eigenvalue weighted by Crippen LogP contribution is -2.06. The predicted molar refractivity (Wildman–Crippen MR) is 111 cm³/mol. The fourth-order valence-electron chi connectivity index (χ4n) is 2.88. The molecule has 0 aliphatic rings. The number of rotatable bonds is 8. The molecule has 0 aliphatic carbocycles. The molecule has 0 saturated heterocycles. The first-order valence-corrected chi connectivity index (χ1v) is 10.1. The van der Waals surface area contributed by atoms with Crippen molar-refractivity contribution in [3.63, 3.8) is 0 Å². The summed E-state index contributed by atoms with van der Waals surface area (Å²) in [6, 6.07) is 12.4. The molecular weight excluding hydrogens is 356 g/mol. The quantitative estimate of drug-likeness (QED) is 0.465. The maximum atomic E-state index is 5.58. The van der Waals surface area contributed by atoms with Gasteiger partial charge in [0.1, 0.15) is 5.01 Å². The van der Waals surface area contributed by atoms with E-state index in [2.05, 4.69) is 48.1 Å². The Morgan fingerprint density at radius 2 is 1.70 bits per heavy atom. The van der Waals surface area contributed by atoms with Crippen LogP contribution in [0.3, 0.4) is 0 Å². The Morgan fingerprint density at radius 1 is 0.963 bits per heavy atom. The summed E-state index contributed by atoms with van der Waals surface area (Å²) in [5.74, 6) is 0.613. The van der Waals surface area contributed by atoms with Gasteiger partial charge in [-0.05, 0) is 25.3 Å². The van der Waals surface area contributed by atoms with Crippen LogP contribution >= 0.6 is 11.3 Å². The van der Waals surface area contributed by atoms with Gasteiger partial charge in [-0.1, -0.05) is 44.2 Å². The first-order chi connectivity index (χ1) is 13.1. The van der Waals surface area contributed by atoms with Crippen LogP contribution in [0.15, 0.2) is 48.8 Å². The number of benzene rings is 1. The van der Waals surface area contributed by atoms with Crippen LogP contribution in [0.5, 0.6) is 0 Å². The van der Waals surface area contributed by atoms with Crippen LogP contribution < -0.4 is 0 Å². The summed E-state index contributed by atoms with van der Waals surface area (Å²) in [7, 11) is 1.65. The van der Waals surface area contributed by atoms with E-state index >= 15 is 0 Å². The molecule has 27 heavy (non-hydrogen) atoms. The Labute approximate surface area is 165 Å². The van der Waals surface area contributed by atoms with Gasteiger partial charge in [-0.2, -0.15) is 0 Å². The predicted octanol–water partition coefficient (Wildman–Crippen LogP) is 5.75. The molecule has 0 aliphatic heterocycles. The van der Waals surface area contributed by atoms with Crippen molar-refractivity contribution in [2.24, 2.45) is 5.92 Å². The van der Waals surface area contributed by atoms with Crippen LogP contribution in [0.25, 0.3) is 21.0 Å². The smallest absolute Gasteiger partial charge is 0.183 e. The second-order valence-electron chi connectivity index (χ2n) is 6.81. The molecule has 0 bridgehead atoms. The van der Waals surface area contributed by atoms with Crippen molar-refractivity contribution in [1.29, 1.82) is 0 Å². The zero-order chi connectivity index (χ0) is 19.2. The van der Waals surface area contributed by atoms with E-state index in [9.17, 15) is 0 Å². The molecule has 0 fully saturated rings. The number of ether oxygens (including phenoxy) is 2. The van der Waals surface area contributed by atoms with Crippen LogP contribution in [-0.2, 0) is 15.9 Å². The number of hydrogen-bond acceptors (Lipinski definition) is 5. The van der Waals surface area contributed by atoms with Crippen molar-refractivity contribution < 1.29 is 9.47 Å². The molecule has 0 spiro atoms. The van der Waals surface area contributed by atoms with Crippen LogP contribution in [0.4, 0.5) is 0 Å². The van der Waals surface area contributed by atoms with Crippen LogP contribution in [0.1, 0.15) is 38.3 Å². The number of thiazole rings is 1. The van der Waals surface area contributed by atoms with Gasteiger partial charge in [-0.25, -0.2) is 4.98 Å². The van der Waals surface area contributed by atoms with Gasteiger partial charge in [0.05, 0.1) is 4.88 Å². The highest BCUT2D eigenvalue weighted by molar-refractivity contribution is 7.18. The normalized spacial score (nSPS) is 12.5. The van der Waals surface area contributed by atoms with Gasteiger partial charge in [0.2, 0.25) is 0 Å². The van der Waals surface area contributed by atoms with E-state index < -0.39 is 0 Å². The number of hydrogen-bond donors (Lipinski definition) is 0. The minimum absolute atomic E-state index is 0.327. The number of pyridine rings is 1. The van der Waals surface area contributed by atoms with Crippen molar-refractivity contribution >= 4 is 11.3 Å². The Kier molecular flexibility index (Phi) is 6.72. The lowest BCUT2D eigenvalue weighted by Gasteiger charge is -2.15. The summed E-state index contributed by atoms with van der Waals surface area (Å²) >= 11 is 1.68. The summed E-state index contributed by atoms with van der Waals surface area (Å²) in [4.78, 5) is 10.3. The van der Waals surface area contributed by atoms with Crippen molar-refractivity contribution in [2.45, 2.75) is 33.5 Å². The van der Waals surface area contributed by atoms with Crippen molar-refractivity contribution in [1.82, 2.24) is 9.97 Å². The first-order valence-electron chi connectivity index (χ1n) is 9.26. The summed E-state index contributed by atoms with van der Waals surface area (Å²) in [6.07, 6.45) is 4.55. The average molecular weight is 383 g/mol. The fourth-order valence-corrected chi connectivity index (χ4v) is 3.80. The minimum Gasteiger partial charge on any atom is -0.352 e. The molecule has 3 rings (SSSR count). The summed E-state index contributed by atoms with van der Waals surface area (Å²) < 4.78 is 11.0. The Bertz CT molecular complexity index is 842. The SMILES string of the molecule is CCOC(OC)c1ccc(-c2ncc(-c3ccc(CC(C)C)nc3)s2)cc1.